The van der Waals surface area contributed by atoms with Crippen molar-refractivity contribution >= 4 is 41.4 Å². The molecule has 5 nitrogen and oxygen atoms in total. The summed E-state index contributed by atoms with van der Waals surface area (Å²) >= 11 is 2.34. The Morgan fingerprint density at radius 1 is 1.03 bits per heavy atom. The molecule has 0 aliphatic carbocycles. The van der Waals surface area contributed by atoms with Gasteiger partial charge in [-0.15, -0.1) is 0 Å². The van der Waals surface area contributed by atoms with E-state index in [-0.39, 0.29) is 0 Å². The van der Waals surface area contributed by atoms with Gasteiger partial charge < -0.3 is 10.0 Å². The maximum atomic E-state index is 9.55. The Bertz CT molecular complexity index is 1400. The molecule has 2 aliphatic heterocycles. The van der Waals surface area contributed by atoms with Crippen LogP contribution in [0.25, 0.3) is 33.3 Å². The number of likely N-dealkylation sites (N-methyl/N-ethyl adjacent to an activating group) is 1. The summed E-state index contributed by atoms with van der Waals surface area (Å²) in [4.78, 5) is 9.77. The van der Waals surface area contributed by atoms with E-state index in [4.69, 9.17) is 4.98 Å². The molecule has 192 valence electrons. The van der Waals surface area contributed by atoms with Crippen molar-refractivity contribution in [2.45, 2.75) is 32.4 Å². The van der Waals surface area contributed by atoms with Gasteiger partial charge in [0.15, 0.2) is 5.65 Å². The highest BCUT2D eigenvalue weighted by atomic mass is 127. The van der Waals surface area contributed by atoms with Crippen LogP contribution in [0.4, 0.5) is 0 Å². The summed E-state index contributed by atoms with van der Waals surface area (Å²) < 4.78 is 2.17. The largest absolute Gasteiger partial charge is 0.396 e. The van der Waals surface area contributed by atoms with Crippen LogP contribution in [-0.4, -0.2) is 57.2 Å². The lowest BCUT2D eigenvalue weighted by Crippen LogP contribution is -2.36. The maximum absolute atomic E-state index is 9.55. The van der Waals surface area contributed by atoms with Gasteiger partial charge in [0.2, 0.25) is 0 Å². The summed E-state index contributed by atoms with van der Waals surface area (Å²) in [6.45, 7) is 5.50. The van der Waals surface area contributed by atoms with Gasteiger partial charge in [-0.25, -0.2) is 4.98 Å². The fourth-order valence-electron chi connectivity index (χ4n) is 5.89. The van der Waals surface area contributed by atoms with Crippen LogP contribution in [0.2, 0.25) is 0 Å². The molecule has 0 radical (unpaired) electrons. The second-order valence-corrected chi connectivity index (χ2v) is 12.3. The summed E-state index contributed by atoms with van der Waals surface area (Å²) in [5, 5.41) is 10.7. The summed E-state index contributed by atoms with van der Waals surface area (Å²) in [5.41, 5.74) is 10.1. The molecule has 37 heavy (non-hydrogen) atoms. The van der Waals surface area contributed by atoms with Gasteiger partial charge in [-0.2, -0.15) is 0 Å². The van der Waals surface area contributed by atoms with Crippen molar-refractivity contribution < 1.29 is 5.11 Å². The van der Waals surface area contributed by atoms with Crippen LogP contribution in [0.1, 0.15) is 29.5 Å². The maximum Gasteiger partial charge on any atom is 0.151 e. The zero-order valence-electron chi connectivity index (χ0n) is 21.2. The molecule has 1 N–H and O–H groups in total. The van der Waals surface area contributed by atoms with E-state index < -0.39 is 0 Å². The number of likely N-dealkylation sites (tertiary alicyclic amines) is 1. The lowest BCUT2D eigenvalue weighted by atomic mass is 9.94. The van der Waals surface area contributed by atoms with E-state index in [1.54, 1.807) is 9.12 Å². The number of hydrogen-bond acceptors (Lipinski definition) is 5. The smallest absolute Gasteiger partial charge is 0.151 e. The first-order valence-electron chi connectivity index (χ1n) is 13.1. The van der Waals surface area contributed by atoms with Gasteiger partial charge in [0.1, 0.15) is 0 Å². The molecule has 0 bridgehead atoms. The number of fused-ring (bicyclic) bond motifs is 2. The zero-order chi connectivity index (χ0) is 25.4. The molecule has 1 unspecified atom stereocenters. The van der Waals surface area contributed by atoms with E-state index in [9.17, 15) is 5.11 Å². The Kier molecular flexibility index (Phi) is 7.59. The first-order valence-corrected chi connectivity index (χ1v) is 16.5. The van der Waals surface area contributed by atoms with Crippen LogP contribution in [0.15, 0.2) is 60.9 Å². The number of rotatable bonds is 6. The van der Waals surface area contributed by atoms with Gasteiger partial charge in [0.25, 0.3) is 0 Å². The molecule has 1 fully saturated rings. The minimum Gasteiger partial charge on any atom is -0.396 e. The first kappa shape index (κ1) is 25.4. The van der Waals surface area contributed by atoms with Crippen LogP contribution in [0.3, 0.4) is 0 Å². The highest BCUT2D eigenvalue weighted by molar-refractivity contribution is 14.2. The summed E-state index contributed by atoms with van der Waals surface area (Å²) in [7, 11) is 3.86. The average Bonchev–Trinajstić information content (AvgIpc) is 3.31. The Morgan fingerprint density at radius 3 is 2.68 bits per heavy atom. The quantitative estimate of drug-likeness (QED) is 0.252. The van der Waals surface area contributed by atoms with E-state index in [2.05, 4.69) is 96.8 Å². The van der Waals surface area contributed by atoms with Crippen molar-refractivity contribution in [1.29, 1.82) is 0 Å². The normalized spacial score (nSPS) is 18.8. The Morgan fingerprint density at radius 2 is 1.86 bits per heavy atom. The monoisotopic (exact) mass is 624 g/mol. The molecule has 0 saturated carbocycles. The van der Waals surface area contributed by atoms with Crippen LogP contribution < -0.4 is 0 Å². The third kappa shape index (κ3) is 5.34. The molecule has 6 rings (SSSR count). The van der Waals surface area contributed by atoms with Crippen LogP contribution >= 0.6 is 30.3 Å². The van der Waals surface area contributed by atoms with Crippen LogP contribution in [0.5, 0.6) is 0 Å². The lowest BCUT2D eigenvalue weighted by Gasteiger charge is -2.31. The molecule has 1 saturated heterocycles. The molecule has 1 atom stereocenters. The molecular formula is C30H33IN4OS. The number of aliphatic hydroxyl groups excluding tert-OH is 1. The van der Waals surface area contributed by atoms with Gasteiger partial charge in [-0.05, 0) is 72.7 Å². The Hall–Kier alpha value is -1.91. The van der Waals surface area contributed by atoms with Crippen molar-refractivity contribution in [3.05, 3.63) is 77.6 Å². The molecule has 4 heterocycles. The molecule has 0 amide bonds. The van der Waals surface area contributed by atoms with Gasteiger partial charge >= 0.3 is 0 Å². The van der Waals surface area contributed by atoms with Crippen molar-refractivity contribution in [3.63, 3.8) is 0 Å². The molecule has 4 aromatic rings. The van der Waals surface area contributed by atoms with E-state index >= 15 is 0 Å². The number of aromatic nitrogens is 2. The Labute approximate surface area is 235 Å². The highest BCUT2D eigenvalue weighted by Crippen LogP contribution is 2.37. The number of halogens is 1. The molecule has 2 aromatic heterocycles. The topological polar surface area (TPSA) is 44.5 Å². The van der Waals surface area contributed by atoms with E-state index in [1.165, 1.54) is 45.2 Å². The molecule has 2 aliphatic rings. The number of nitrogens with zero attached hydrogens (tertiary/aromatic N) is 4. The summed E-state index contributed by atoms with van der Waals surface area (Å²) in [5.74, 6) is 0.421. The molecule has 0 spiro atoms. The Balaban J connectivity index is 1.29. The zero-order valence-corrected chi connectivity index (χ0v) is 24.2. The van der Waals surface area contributed by atoms with Crippen molar-refractivity contribution in [2.75, 3.05) is 33.3 Å². The third-order valence-corrected chi connectivity index (χ3v) is 9.66. The van der Waals surface area contributed by atoms with Gasteiger partial charge in [-0.3, -0.25) is 8.87 Å². The minimum atomic E-state index is 0.299. The summed E-state index contributed by atoms with van der Waals surface area (Å²) in [6, 6.07) is 18.2. The number of hydrogen-bond donors (Lipinski definition) is 1. The first-order chi connectivity index (χ1) is 18.1. The number of piperidine rings is 1. The van der Waals surface area contributed by atoms with Crippen LogP contribution in [-0.2, 0) is 19.5 Å². The lowest BCUT2D eigenvalue weighted by molar-refractivity contribution is 0.116. The van der Waals surface area contributed by atoms with E-state index in [0.29, 0.717) is 12.5 Å². The third-order valence-electron chi connectivity index (χ3n) is 7.96. The van der Waals surface area contributed by atoms with E-state index in [0.717, 1.165) is 56.8 Å². The number of benzene rings is 2. The molecule has 2 aromatic carbocycles. The van der Waals surface area contributed by atoms with Crippen molar-refractivity contribution in [3.8, 4) is 22.3 Å². The molecular weight excluding hydrogens is 591 g/mol. The van der Waals surface area contributed by atoms with Crippen molar-refractivity contribution in [2.24, 2.45) is 5.92 Å². The predicted molar refractivity (Wildman–Crippen MR) is 163 cm³/mol. The minimum absolute atomic E-state index is 0.299. The van der Waals surface area contributed by atoms with Gasteiger partial charge in [0, 0.05) is 92.0 Å². The number of pyridine rings is 1. The van der Waals surface area contributed by atoms with Gasteiger partial charge in [-0.1, -0.05) is 42.5 Å². The standard InChI is InChI=1S/C30H33IN4OS/c1-33-12-10-24-13-25(8-9-26(24)18-33)29-19-35(37-31)30-28(29)14-27(15-32-30)23-6-4-21(5-7-23)16-34-11-2-3-22(17-34)20-36/h4-9,13-15,19,22,36H,2-3,10-12,16-18,20H2,1H3. The van der Waals surface area contributed by atoms with Crippen LogP contribution in [0, 0.1) is 5.92 Å². The second kappa shape index (κ2) is 11.1. The predicted octanol–water partition coefficient (Wildman–Crippen LogP) is 6.41. The second-order valence-electron chi connectivity index (χ2n) is 10.6. The molecule has 7 heteroatoms. The highest BCUT2D eigenvalue weighted by Gasteiger charge is 2.20. The van der Waals surface area contributed by atoms with Gasteiger partial charge in [0.05, 0.1) is 0 Å². The SMILES string of the molecule is CN1CCc2cc(-c3cn(SI)c4ncc(-c5ccc(CN6CCCC(CO)C6)cc5)cc34)ccc2C1. The average molecular weight is 625 g/mol. The van der Waals surface area contributed by atoms with Crippen molar-refractivity contribution in [1.82, 2.24) is 18.8 Å². The summed E-state index contributed by atoms with van der Waals surface area (Å²) in [6.07, 6.45) is 7.66. The fourth-order valence-corrected chi connectivity index (χ4v) is 7.14. The van der Waals surface area contributed by atoms with E-state index in [1.807, 2.05) is 6.20 Å². The number of aliphatic hydroxyl groups is 1. The fraction of sp³-hybridized carbons (Fsp3) is 0.367.